The maximum atomic E-state index is 12.6. The highest BCUT2D eigenvalue weighted by Crippen LogP contribution is 2.31. The van der Waals surface area contributed by atoms with Crippen LogP contribution in [0.2, 0.25) is 5.02 Å². The summed E-state index contributed by atoms with van der Waals surface area (Å²) in [4.78, 5) is 17.1. The molecule has 0 radical (unpaired) electrons. The minimum absolute atomic E-state index is 0.199. The number of carbonyl (C=O) groups is 1. The number of nitrogens with zero attached hydrogens (tertiary/aromatic N) is 2. The lowest BCUT2D eigenvalue weighted by Gasteiger charge is -2.41. The number of benzene rings is 1. The number of carbonyl (C=O) groups excluding carboxylic acids is 1. The van der Waals surface area contributed by atoms with Crippen LogP contribution in [-0.4, -0.2) is 59.6 Å². The van der Waals surface area contributed by atoms with E-state index in [2.05, 4.69) is 4.90 Å². The summed E-state index contributed by atoms with van der Waals surface area (Å²) < 4.78 is 0. The maximum absolute atomic E-state index is 12.6. The van der Waals surface area contributed by atoms with Gasteiger partial charge in [0, 0.05) is 50.3 Å². The Kier molecular flexibility index (Phi) is 6.74. The molecular formula is C20H29ClN2O2. The van der Waals surface area contributed by atoms with Crippen LogP contribution in [0.4, 0.5) is 0 Å². The molecule has 1 heterocycles. The smallest absolute Gasteiger partial charge is 0.222 e. The molecule has 2 aliphatic rings. The standard InChI is InChI=1S/C20H29ClN2O2/c21-18-8-6-16(7-9-18)2-1-3-20(25)23-12-11-22(14-17-4-5-17)19(15-23)10-13-24/h6-9,17,19,24H,1-5,10-15H2/t19-/m0/s1. The first-order chi connectivity index (χ1) is 12.2. The van der Waals surface area contributed by atoms with Crippen LogP contribution in [0.3, 0.4) is 0 Å². The number of hydrogen-bond acceptors (Lipinski definition) is 3. The lowest BCUT2D eigenvalue weighted by Crippen LogP contribution is -2.55. The van der Waals surface area contributed by atoms with Crippen LogP contribution < -0.4 is 0 Å². The van der Waals surface area contributed by atoms with E-state index in [9.17, 15) is 9.90 Å². The Morgan fingerprint density at radius 1 is 1.20 bits per heavy atom. The zero-order valence-corrected chi connectivity index (χ0v) is 15.6. The zero-order chi connectivity index (χ0) is 17.6. The number of aliphatic hydroxyl groups excluding tert-OH is 1. The first kappa shape index (κ1) is 18.7. The van der Waals surface area contributed by atoms with E-state index in [-0.39, 0.29) is 12.5 Å². The first-order valence-corrected chi connectivity index (χ1v) is 9.90. The van der Waals surface area contributed by atoms with Crippen molar-refractivity contribution in [2.75, 3.05) is 32.8 Å². The topological polar surface area (TPSA) is 43.8 Å². The molecule has 1 aliphatic heterocycles. The fraction of sp³-hybridized carbons (Fsp3) is 0.650. The van der Waals surface area contributed by atoms with Gasteiger partial charge in [0.05, 0.1) is 0 Å². The Balaban J connectivity index is 1.44. The minimum atomic E-state index is 0.199. The van der Waals surface area contributed by atoms with Gasteiger partial charge in [-0.1, -0.05) is 23.7 Å². The molecule has 1 saturated carbocycles. The van der Waals surface area contributed by atoms with Gasteiger partial charge in [-0.25, -0.2) is 0 Å². The highest BCUT2D eigenvalue weighted by atomic mass is 35.5. The van der Waals surface area contributed by atoms with Crippen LogP contribution in [0.25, 0.3) is 0 Å². The average molecular weight is 365 g/mol. The molecule has 0 spiro atoms. The van der Waals surface area contributed by atoms with Crippen LogP contribution in [0.1, 0.15) is 37.7 Å². The Labute approximate surface area is 155 Å². The second kappa shape index (κ2) is 9.02. The number of aryl methyl sites for hydroxylation is 1. The van der Waals surface area contributed by atoms with Gasteiger partial charge in [-0.15, -0.1) is 0 Å². The van der Waals surface area contributed by atoms with Crippen LogP contribution in [0.15, 0.2) is 24.3 Å². The molecule has 0 bridgehead atoms. The molecule has 1 saturated heterocycles. The summed E-state index contributed by atoms with van der Waals surface area (Å²) >= 11 is 5.90. The number of halogens is 1. The van der Waals surface area contributed by atoms with E-state index < -0.39 is 0 Å². The number of aliphatic hydroxyl groups is 1. The quantitative estimate of drug-likeness (QED) is 0.771. The van der Waals surface area contributed by atoms with Crippen molar-refractivity contribution in [2.45, 2.75) is 44.6 Å². The summed E-state index contributed by atoms with van der Waals surface area (Å²) in [5.41, 5.74) is 1.23. The van der Waals surface area contributed by atoms with Crippen molar-refractivity contribution in [1.29, 1.82) is 0 Å². The molecular weight excluding hydrogens is 336 g/mol. The highest BCUT2D eigenvalue weighted by Gasteiger charge is 2.32. The van der Waals surface area contributed by atoms with Crippen LogP contribution >= 0.6 is 11.6 Å². The van der Waals surface area contributed by atoms with Gasteiger partial charge >= 0.3 is 0 Å². The van der Waals surface area contributed by atoms with Crippen LogP contribution in [0, 0.1) is 5.92 Å². The number of piperazine rings is 1. The van der Waals surface area contributed by atoms with E-state index in [1.165, 1.54) is 18.4 Å². The molecule has 1 amide bonds. The number of hydrogen-bond donors (Lipinski definition) is 1. The number of rotatable bonds is 8. The lowest BCUT2D eigenvalue weighted by molar-refractivity contribution is -0.134. The second-order valence-corrected chi connectivity index (χ2v) is 7.86. The fourth-order valence-electron chi connectivity index (χ4n) is 3.67. The van der Waals surface area contributed by atoms with Gasteiger partial charge in [-0.2, -0.15) is 0 Å². The molecule has 0 unspecified atom stereocenters. The largest absolute Gasteiger partial charge is 0.396 e. The SMILES string of the molecule is O=C(CCCc1ccc(Cl)cc1)N1CCN(CC2CC2)[C@@H](CCO)C1. The Morgan fingerprint density at radius 3 is 2.64 bits per heavy atom. The molecule has 1 aromatic carbocycles. The van der Waals surface area contributed by atoms with Gasteiger partial charge in [-0.3, -0.25) is 9.69 Å². The third-order valence-electron chi connectivity index (χ3n) is 5.38. The van der Waals surface area contributed by atoms with Crippen molar-refractivity contribution in [3.8, 4) is 0 Å². The zero-order valence-electron chi connectivity index (χ0n) is 14.9. The van der Waals surface area contributed by atoms with Gasteiger partial charge < -0.3 is 10.0 Å². The fourth-order valence-corrected chi connectivity index (χ4v) is 3.79. The summed E-state index contributed by atoms with van der Waals surface area (Å²) in [5.74, 6) is 1.10. The average Bonchev–Trinajstić information content (AvgIpc) is 3.42. The van der Waals surface area contributed by atoms with E-state index in [0.29, 0.717) is 12.5 Å². The van der Waals surface area contributed by atoms with Gasteiger partial charge in [0.15, 0.2) is 0 Å². The summed E-state index contributed by atoms with van der Waals surface area (Å²) in [7, 11) is 0. The normalized spacial score (nSPS) is 21.5. The van der Waals surface area contributed by atoms with Gasteiger partial charge in [-0.05, 0) is 55.7 Å². The summed E-state index contributed by atoms with van der Waals surface area (Å²) in [6.07, 6.45) is 5.82. The van der Waals surface area contributed by atoms with Gasteiger partial charge in [0.2, 0.25) is 5.91 Å². The van der Waals surface area contributed by atoms with Crippen molar-refractivity contribution < 1.29 is 9.90 Å². The molecule has 1 atom stereocenters. The third-order valence-corrected chi connectivity index (χ3v) is 5.63. The number of amides is 1. The second-order valence-electron chi connectivity index (χ2n) is 7.42. The molecule has 0 aromatic heterocycles. The molecule has 1 N–H and O–H groups in total. The van der Waals surface area contributed by atoms with E-state index >= 15 is 0 Å². The monoisotopic (exact) mass is 364 g/mol. The summed E-state index contributed by atoms with van der Waals surface area (Å²) in [6.45, 7) is 3.89. The van der Waals surface area contributed by atoms with Crippen molar-refractivity contribution in [1.82, 2.24) is 9.80 Å². The van der Waals surface area contributed by atoms with Crippen molar-refractivity contribution in [2.24, 2.45) is 5.92 Å². The van der Waals surface area contributed by atoms with Crippen molar-refractivity contribution in [3.05, 3.63) is 34.9 Å². The third kappa shape index (κ3) is 5.70. The molecule has 4 nitrogen and oxygen atoms in total. The van der Waals surface area contributed by atoms with Gasteiger partial charge in [0.1, 0.15) is 0 Å². The highest BCUT2D eigenvalue weighted by molar-refractivity contribution is 6.30. The maximum Gasteiger partial charge on any atom is 0.222 e. The molecule has 5 heteroatoms. The summed E-state index contributed by atoms with van der Waals surface area (Å²) in [5, 5.41) is 10.1. The molecule has 3 rings (SSSR count). The molecule has 25 heavy (non-hydrogen) atoms. The van der Waals surface area contributed by atoms with E-state index in [0.717, 1.165) is 56.4 Å². The first-order valence-electron chi connectivity index (χ1n) is 9.53. The predicted octanol–water partition coefficient (Wildman–Crippen LogP) is 2.97. The van der Waals surface area contributed by atoms with E-state index in [1.54, 1.807) is 0 Å². The van der Waals surface area contributed by atoms with Crippen molar-refractivity contribution >= 4 is 17.5 Å². The minimum Gasteiger partial charge on any atom is -0.396 e. The summed E-state index contributed by atoms with van der Waals surface area (Å²) in [6, 6.07) is 8.18. The molecule has 1 aromatic rings. The lowest BCUT2D eigenvalue weighted by atomic mass is 10.1. The Bertz CT molecular complexity index is 559. The molecule has 1 aliphatic carbocycles. The molecule has 2 fully saturated rings. The molecule has 138 valence electrons. The van der Waals surface area contributed by atoms with Crippen molar-refractivity contribution in [3.63, 3.8) is 0 Å². The van der Waals surface area contributed by atoms with Crippen LogP contribution in [0.5, 0.6) is 0 Å². The predicted molar refractivity (Wildman–Crippen MR) is 101 cm³/mol. The van der Waals surface area contributed by atoms with Crippen LogP contribution in [-0.2, 0) is 11.2 Å². The van der Waals surface area contributed by atoms with E-state index in [4.69, 9.17) is 11.6 Å². The van der Waals surface area contributed by atoms with E-state index in [1.807, 2.05) is 29.2 Å². The Hall–Kier alpha value is -1.10. The Morgan fingerprint density at radius 2 is 1.96 bits per heavy atom. The van der Waals surface area contributed by atoms with Gasteiger partial charge in [0.25, 0.3) is 0 Å².